The van der Waals surface area contributed by atoms with Gasteiger partial charge in [0.1, 0.15) is 5.65 Å². The van der Waals surface area contributed by atoms with Crippen LogP contribution < -0.4 is 0 Å². The molecule has 0 aromatic carbocycles. The van der Waals surface area contributed by atoms with Gasteiger partial charge < -0.3 is 9.30 Å². The molecule has 1 aliphatic carbocycles. The monoisotopic (exact) mass is 414 g/mol. The Labute approximate surface area is 179 Å². The molecule has 2 aromatic heterocycles. The average Bonchev–Trinajstić information content (AvgIpc) is 3.43. The first-order valence-electron chi connectivity index (χ1n) is 11.8. The zero-order valence-corrected chi connectivity index (χ0v) is 18.2. The molecule has 3 heterocycles. The zero-order valence-electron chi connectivity index (χ0n) is 18.2. The molecule has 1 unspecified atom stereocenters. The van der Waals surface area contributed by atoms with Crippen molar-refractivity contribution in [2.45, 2.75) is 71.0 Å². The van der Waals surface area contributed by atoms with Crippen molar-refractivity contribution in [2.24, 2.45) is 5.92 Å². The predicted octanol–water partition coefficient (Wildman–Crippen LogP) is 4.24. The van der Waals surface area contributed by atoms with Crippen molar-refractivity contribution in [3.05, 3.63) is 35.8 Å². The van der Waals surface area contributed by atoms with E-state index in [9.17, 15) is 9.18 Å². The van der Waals surface area contributed by atoms with Gasteiger partial charge in [-0.15, -0.1) is 0 Å². The molecular formula is C24H35FN4O. The molecule has 2 aromatic rings. The van der Waals surface area contributed by atoms with Crippen molar-refractivity contribution >= 4 is 11.6 Å². The quantitative estimate of drug-likeness (QED) is 0.649. The van der Waals surface area contributed by atoms with E-state index in [0.717, 1.165) is 69.7 Å². The number of hydrogen-bond donors (Lipinski definition) is 0. The fourth-order valence-corrected chi connectivity index (χ4v) is 4.93. The smallest absolute Gasteiger partial charge is 0.225 e. The third-order valence-electron chi connectivity index (χ3n) is 6.85. The molecule has 2 fully saturated rings. The highest BCUT2D eigenvalue weighted by molar-refractivity contribution is 5.79. The number of hydrogen-bond acceptors (Lipinski definition) is 3. The van der Waals surface area contributed by atoms with E-state index in [4.69, 9.17) is 4.98 Å². The van der Waals surface area contributed by atoms with Gasteiger partial charge in [0, 0.05) is 44.8 Å². The number of aromatic nitrogens is 2. The van der Waals surface area contributed by atoms with E-state index in [0.29, 0.717) is 18.7 Å². The summed E-state index contributed by atoms with van der Waals surface area (Å²) in [5, 5.41) is 0. The zero-order chi connectivity index (χ0) is 20.9. The Morgan fingerprint density at radius 2 is 1.97 bits per heavy atom. The summed E-state index contributed by atoms with van der Waals surface area (Å²) in [6.45, 7) is 6.18. The summed E-state index contributed by atoms with van der Waals surface area (Å²) in [7, 11) is 0. The number of alkyl halides is 1. The van der Waals surface area contributed by atoms with Gasteiger partial charge in [0.2, 0.25) is 5.91 Å². The first-order valence-corrected chi connectivity index (χ1v) is 11.8. The van der Waals surface area contributed by atoms with Gasteiger partial charge in [0.15, 0.2) is 0 Å². The molecule has 1 atom stereocenters. The molecule has 30 heavy (non-hydrogen) atoms. The minimum absolute atomic E-state index is 0.268. The summed E-state index contributed by atoms with van der Waals surface area (Å²) in [6, 6.07) is 6.09. The molecule has 0 bridgehead atoms. The molecule has 1 saturated carbocycles. The number of carbonyl (C=O) groups is 1. The van der Waals surface area contributed by atoms with E-state index < -0.39 is 6.17 Å². The van der Waals surface area contributed by atoms with Crippen LogP contribution in [0.2, 0.25) is 0 Å². The molecule has 1 amide bonds. The second-order valence-electron chi connectivity index (χ2n) is 8.91. The highest BCUT2D eigenvalue weighted by Gasteiger charge is 2.29. The number of halogens is 1. The van der Waals surface area contributed by atoms with Crippen LogP contribution in [0.15, 0.2) is 24.4 Å². The lowest BCUT2D eigenvalue weighted by molar-refractivity contribution is -0.137. The number of imidazole rings is 1. The molecule has 1 saturated heterocycles. The van der Waals surface area contributed by atoms with Crippen LogP contribution in [0.25, 0.3) is 5.65 Å². The maximum Gasteiger partial charge on any atom is 0.225 e. The van der Waals surface area contributed by atoms with Crippen LogP contribution in [0, 0.1) is 5.92 Å². The lowest BCUT2D eigenvalue weighted by Gasteiger charge is -2.36. The number of piperazine rings is 1. The summed E-state index contributed by atoms with van der Waals surface area (Å²) in [6.07, 6.45) is 8.75. The third-order valence-corrected chi connectivity index (χ3v) is 6.85. The number of carbonyl (C=O) groups excluding carboxylic acids is 1. The third kappa shape index (κ3) is 4.85. The maximum absolute atomic E-state index is 13.7. The molecule has 2 aliphatic rings. The van der Waals surface area contributed by atoms with Crippen LogP contribution in [0.1, 0.15) is 63.3 Å². The SMILES string of the molecule is CCC(F)CCCc1nc2ccccn2c1CN1CCN(C(=O)C2CCCC2)CC1. The number of aryl methyl sites for hydroxylation is 1. The summed E-state index contributed by atoms with van der Waals surface area (Å²) in [5.41, 5.74) is 3.27. The Bertz CT molecular complexity index is 837. The van der Waals surface area contributed by atoms with Crippen LogP contribution in [0.5, 0.6) is 0 Å². The summed E-state index contributed by atoms with van der Waals surface area (Å²) in [4.78, 5) is 22.1. The molecule has 0 spiro atoms. The normalized spacial score (nSPS) is 19.6. The Balaban J connectivity index is 1.39. The largest absolute Gasteiger partial charge is 0.340 e. The van der Waals surface area contributed by atoms with Crippen LogP contribution >= 0.6 is 0 Å². The van der Waals surface area contributed by atoms with Gasteiger partial charge in [-0.3, -0.25) is 9.69 Å². The highest BCUT2D eigenvalue weighted by Crippen LogP contribution is 2.27. The van der Waals surface area contributed by atoms with Gasteiger partial charge in [-0.1, -0.05) is 25.8 Å². The van der Waals surface area contributed by atoms with Crippen LogP contribution in [-0.4, -0.2) is 57.4 Å². The first kappa shape index (κ1) is 21.3. The van der Waals surface area contributed by atoms with E-state index in [1.165, 1.54) is 18.5 Å². The Hall–Kier alpha value is -1.95. The van der Waals surface area contributed by atoms with E-state index in [1.54, 1.807) is 0 Å². The van der Waals surface area contributed by atoms with Crippen molar-refractivity contribution < 1.29 is 9.18 Å². The lowest BCUT2D eigenvalue weighted by atomic mass is 10.1. The molecule has 0 radical (unpaired) electrons. The van der Waals surface area contributed by atoms with Crippen LogP contribution in [0.3, 0.4) is 0 Å². The Morgan fingerprint density at radius 3 is 2.70 bits per heavy atom. The van der Waals surface area contributed by atoms with E-state index in [1.807, 2.05) is 25.1 Å². The molecule has 5 nitrogen and oxygen atoms in total. The van der Waals surface area contributed by atoms with E-state index >= 15 is 0 Å². The summed E-state index contributed by atoms with van der Waals surface area (Å²) in [5.74, 6) is 0.642. The number of rotatable bonds is 8. The van der Waals surface area contributed by atoms with Gasteiger partial charge >= 0.3 is 0 Å². The topological polar surface area (TPSA) is 40.9 Å². The second-order valence-corrected chi connectivity index (χ2v) is 8.91. The standard InChI is InChI=1S/C24H35FN4O/c1-2-20(25)10-7-11-21-22(29-13-6-5-12-23(29)26-21)18-27-14-16-28(17-15-27)24(30)19-8-3-4-9-19/h5-6,12-13,19-20H,2-4,7-11,14-18H2,1H3. The van der Waals surface area contributed by atoms with Gasteiger partial charge in [-0.2, -0.15) is 0 Å². The average molecular weight is 415 g/mol. The van der Waals surface area contributed by atoms with Gasteiger partial charge in [0.05, 0.1) is 17.6 Å². The summed E-state index contributed by atoms with van der Waals surface area (Å²) < 4.78 is 15.8. The maximum atomic E-state index is 13.7. The second kappa shape index (κ2) is 9.90. The highest BCUT2D eigenvalue weighted by atomic mass is 19.1. The molecule has 164 valence electrons. The number of fused-ring (bicyclic) bond motifs is 1. The van der Waals surface area contributed by atoms with Gasteiger partial charge in [0.25, 0.3) is 0 Å². The molecule has 1 aliphatic heterocycles. The Kier molecular flexibility index (Phi) is 7.03. The van der Waals surface area contributed by atoms with Gasteiger partial charge in [-0.05, 0) is 50.7 Å². The minimum atomic E-state index is -0.712. The number of nitrogens with zero attached hydrogens (tertiary/aromatic N) is 4. The molecule has 6 heteroatoms. The van der Waals surface area contributed by atoms with Crippen molar-refractivity contribution in [3.8, 4) is 0 Å². The lowest BCUT2D eigenvalue weighted by Crippen LogP contribution is -2.49. The number of amides is 1. The van der Waals surface area contributed by atoms with Gasteiger partial charge in [-0.25, -0.2) is 9.37 Å². The van der Waals surface area contributed by atoms with Crippen molar-refractivity contribution in [1.29, 1.82) is 0 Å². The molecule has 0 N–H and O–H groups in total. The summed E-state index contributed by atoms with van der Waals surface area (Å²) >= 11 is 0. The predicted molar refractivity (Wildman–Crippen MR) is 117 cm³/mol. The van der Waals surface area contributed by atoms with Crippen LogP contribution in [-0.2, 0) is 17.8 Å². The first-order chi connectivity index (χ1) is 14.7. The van der Waals surface area contributed by atoms with E-state index in [2.05, 4.69) is 20.4 Å². The Morgan fingerprint density at radius 1 is 1.20 bits per heavy atom. The molecule has 4 rings (SSSR count). The fraction of sp³-hybridized carbons (Fsp3) is 0.667. The molecular weight excluding hydrogens is 379 g/mol. The minimum Gasteiger partial charge on any atom is -0.340 e. The van der Waals surface area contributed by atoms with Crippen molar-refractivity contribution in [1.82, 2.24) is 19.2 Å². The van der Waals surface area contributed by atoms with Crippen molar-refractivity contribution in [2.75, 3.05) is 26.2 Å². The fourth-order valence-electron chi connectivity index (χ4n) is 4.93. The van der Waals surface area contributed by atoms with Crippen molar-refractivity contribution in [3.63, 3.8) is 0 Å². The van der Waals surface area contributed by atoms with E-state index in [-0.39, 0.29) is 5.92 Å². The van der Waals surface area contributed by atoms with Crippen LogP contribution in [0.4, 0.5) is 4.39 Å². The number of pyridine rings is 1.